The highest BCUT2D eigenvalue weighted by Gasteiger charge is 2.66. The maximum absolute atomic E-state index is 12.1. The number of methoxy groups -OCH3 is 1. The molecule has 29 heavy (non-hydrogen) atoms. The van der Waals surface area contributed by atoms with Gasteiger partial charge in [0, 0.05) is 0 Å². The molecule has 0 aromatic rings. The summed E-state index contributed by atoms with van der Waals surface area (Å²) >= 11 is 0. The third kappa shape index (κ3) is 3.34. The zero-order chi connectivity index (χ0) is 21.7. The van der Waals surface area contributed by atoms with Crippen LogP contribution in [0.2, 0.25) is 0 Å². The molecule has 12 heteroatoms. The summed E-state index contributed by atoms with van der Waals surface area (Å²) in [7, 11) is 1.07. The largest absolute Gasteiger partial charge is 0.471 e. The lowest BCUT2D eigenvalue weighted by Gasteiger charge is -2.45. The van der Waals surface area contributed by atoms with Gasteiger partial charge in [-0.3, -0.25) is 0 Å². The van der Waals surface area contributed by atoms with Gasteiger partial charge in [-0.1, -0.05) is 6.92 Å². The van der Waals surface area contributed by atoms with Crippen molar-refractivity contribution in [2.75, 3.05) is 13.7 Å². The molecule has 3 aliphatic rings. The minimum Gasteiger partial charge on any atom is -0.471 e. The van der Waals surface area contributed by atoms with Crippen molar-refractivity contribution in [1.29, 1.82) is 0 Å². The molecule has 7 N–H and O–H groups in total. The second-order valence-corrected chi connectivity index (χ2v) is 7.51. The monoisotopic (exact) mass is 422 g/mol. The van der Waals surface area contributed by atoms with E-state index in [-0.39, 0.29) is 0 Å². The molecule has 0 aromatic carbocycles. The molecule has 1 aliphatic carbocycles. The van der Waals surface area contributed by atoms with Crippen LogP contribution in [0.1, 0.15) is 6.92 Å². The highest BCUT2D eigenvalue weighted by atomic mass is 16.8. The number of hydrogen-bond donors (Lipinski definition) is 7. The van der Waals surface area contributed by atoms with E-state index >= 15 is 0 Å². The molecule has 0 amide bonds. The van der Waals surface area contributed by atoms with Gasteiger partial charge in [0.2, 0.25) is 6.29 Å². The summed E-state index contributed by atoms with van der Waals surface area (Å²) in [5.41, 5.74) is -2.71. The summed E-state index contributed by atoms with van der Waals surface area (Å²) in [6.45, 7) is 0.813. The fraction of sp³-hybridized carbons (Fsp3) is 0.824. The summed E-state index contributed by atoms with van der Waals surface area (Å²) in [5.74, 6) is -3.01. The highest BCUT2D eigenvalue weighted by Crippen LogP contribution is 2.50. The Hall–Kier alpha value is -1.35. The molecular weight excluding hydrogens is 396 g/mol. The number of hydrogen-bond acceptors (Lipinski definition) is 12. The number of esters is 1. The van der Waals surface area contributed by atoms with Crippen molar-refractivity contribution in [2.45, 2.75) is 61.7 Å². The summed E-state index contributed by atoms with van der Waals surface area (Å²) < 4.78 is 20.8. The van der Waals surface area contributed by atoms with Gasteiger partial charge in [0.05, 0.1) is 25.7 Å². The number of aliphatic hydroxyl groups is 7. The maximum Gasteiger partial charge on any atom is 0.339 e. The third-order valence-corrected chi connectivity index (χ3v) is 5.95. The van der Waals surface area contributed by atoms with Gasteiger partial charge in [-0.15, -0.1) is 0 Å². The molecule has 0 bridgehead atoms. The fourth-order valence-electron chi connectivity index (χ4n) is 4.22. The topological polar surface area (TPSA) is 196 Å². The average molecular weight is 422 g/mol. The molecule has 0 aromatic heterocycles. The first-order chi connectivity index (χ1) is 13.6. The smallest absolute Gasteiger partial charge is 0.339 e. The number of fused-ring (bicyclic) bond motifs is 1. The van der Waals surface area contributed by atoms with E-state index in [0.717, 1.165) is 13.4 Å². The van der Waals surface area contributed by atoms with Gasteiger partial charge in [-0.05, 0) is 5.92 Å². The Morgan fingerprint density at radius 2 is 1.76 bits per heavy atom. The quantitative estimate of drug-likeness (QED) is 0.217. The van der Waals surface area contributed by atoms with Crippen molar-refractivity contribution >= 4 is 5.97 Å². The normalized spacial score (nSPS) is 49.8. The molecule has 1 saturated carbocycles. The zero-order valence-corrected chi connectivity index (χ0v) is 15.7. The summed E-state index contributed by atoms with van der Waals surface area (Å²) in [6.07, 6.45) is -11.7. The highest BCUT2D eigenvalue weighted by molar-refractivity contribution is 5.91. The van der Waals surface area contributed by atoms with Crippen LogP contribution in [0.4, 0.5) is 0 Å². The Kier molecular flexibility index (Phi) is 6.21. The van der Waals surface area contributed by atoms with Gasteiger partial charge in [0.15, 0.2) is 6.29 Å². The molecular formula is C17H26O12. The van der Waals surface area contributed by atoms with Gasteiger partial charge in [-0.25, -0.2) is 4.79 Å². The molecule has 166 valence electrons. The van der Waals surface area contributed by atoms with E-state index in [4.69, 9.17) is 14.2 Å². The van der Waals surface area contributed by atoms with Crippen LogP contribution in [0.25, 0.3) is 0 Å². The fourth-order valence-corrected chi connectivity index (χ4v) is 4.22. The molecule has 2 aliphatic heterocycles. The zero-order valence-electron chi connectivity index (χ0n) is 15.7. The van der Waals surface area contributed by atoms with Crippen LogP contribution < -0.4 is 0 Å². The van der Waals surface area contributed by atoms with Gasteiger partial charge in [0.25, 0.3) is 0 Å². The number of rotatable bonds is 4. The van der Waals surface area contributed by atoms with Gasteiger partial charge in [0.1, 0.15) is 48.0 Å². The minimum atomic E-state index is -2.29. The first-order valence-corrected chi connectivity index (χ1v) is 9.08. The number of ether oxygens (including phenoxy) is 4. The Bertz CT molecular complexity index is 652. The second kappa shape index (κ2) is 8.06. The van der Waals surface area contributed by atoms with Crippen LogP contribution >= 0.6 is 0 Å². The lowest BCUT2D eigenvalue weighted by atomic mass is 9.78. The second-order valence-electron chi connectivity index (χ2n) is 7.51. The lowest BCUT2D eigenvalue weighted by Crippen LogP contribution is -2.61. The van der Waals surface area contributed by atoms with Crippen molar-refractivity contribution in [1.82, 2.24) is 0 Å². The van der Waals surface area contributed by atoms with Crippen molar-refractivity contribution in [3.8, 4) is 0 Å². The van der Waals surface area contributed by atoms with E-state index in [2.05, 4.69) is 4.74 Å². The average Bonchev–Trinajstić information content (AvgIpc) is 2.88. The van der Waals surface area contributed by atoms with Crippen LogP contribution in [-0.4, -0.2) is 110 Å². The van der Waals surface area contributed by atoms with E-state index < -0.39 is 84.8 Å². The Morgan fingerprint density at radius 1 is 1.10 bits per heavy atom. The Balaban J connectivity index is 1.91. The van der Waals surface area contributed by atoms with Crippen molar-refractivity contribution in [3.63, 3.8) is 0 Å². The van der Waals surface area contributed by atoms with E-state index in [1.54, 1.807) is 0 Å². The molecule has 3 rings (SSSR count). The van der Waals surface area contributed by atoms with Crippen LogP contribution in [0.3, 0.4) is 0 Å². The van der Waals surface area contributed by atoms with Crippen LogP contribution in [0.15, 0.2) is 11.8 Å². The summed E-state index contributed by atoms with van der Waals surface area (Å²) in [5, 5.41) is 71.1. The molecule has 0 unspecified atom stereocenters. The Morgan fingerprint density at radius 3 is 2.34 bits per heavy atom. The van der Waals surface area contributed by atoms with Gasteiger partial charge < -0.3 is 54.7 Å². The van der Waals surface area contributed by atoms with E-state index in [9.17, 15) is 40.5 Å². The van der Waals surface area contributed by atoms with Crippen LogP contribution in [0.5, 0.6) is 0 Å². The first-order valence-electron chi connectivity index (χ1n) is 9.08. The predicted molar refractivity (Wildman–Crippen MR) is 89.4 cm³/mol. The van der Waals surface area contributed by atoms with Gasteiger partial charge in [-0.2, -0.15) is 0 Å². The number of aliphatic hydroxyl groups excluding tert-OH is 6. The van der Waals surface area contributed by atoms with Crippen molar-refractivity contribution < 1.29 is 59.5 Å². The summed E-state index contributed by atoms with van der Waals surface area (Å²) in [6, 6.07) is 0. The predicted octanol–water partition coefficient (Wildman–Crippen LogP) is -4.07. The van der Waals surface area contributed by atoms with E-state index in [0.29, 0.717) is 0 Å². The molecule has 11 atom stereocenters. The molecule has 2 fully saturated rings. The number of carbonyl (C=O) groups excluding carboxylic acids is 1. The molecule has 2 heterocycles. The van der Waals surface area contributed by atoms with E-state index in [1.165, 1.54) is 6.92 Å². The molecule has 0 spiro atoms. The lowest BCUT2D eigenvalue weighted by molar-refractivity contribution is -0.347. The summed E-state index contributed by atoms with van der Waals surface area (Å²) in [4.78, 5) is 12.1. The van der Waals surface area contributed by atoms with Crippen molar-refractivity contribution in [2.24, 2.45) is 11.8 Å². The molecule has 1 saturated heterocycles. The maximum atomic E-state index is 12.1. The SMILES string of the molecule is COC(=O)C1=CO[C@@H](O[C@@H]2O[C@H](CO)[C@@H](O)[C@H](O)[C@H]2O)[C@@H]2[C@@H](C)[C@@H](O)[C@@H](O)[C@]12O. The van der Waals surface area contributed by atoms with E-state index in [1.807, 2.05) is 0 Å². The van der Waals surface area contributed by atoms with Crippen LogP contribution in [-0.2, 0) is 23.7 Å². The number of carbonyl (C=O) groups is 1. The minimum absolute atomic E-state index is 0.422. The standard InChI is InChI=1S/C17H26O12/c1-5-8-15(29-16-12(22)11(21)10(20)7(3-18)28-16)27-4-6(14(24)26-2)17(8,25)13(23)9(5)19/h4-5,7-13,15-16,18-23,25H,3H2,1-2H3/t5-,7-,8+,9-,10-,11+,12-,13-,15+,16+,17+/m1/s1. The van der Waals surface area contributed by atoms with Crippen molar-refractivity contribution in [3.05, 3.63) is 11.8 Å². The first kappa shape index (κ1) is 22.3. The van der Waals surface area contributed by atoms with Gasteiger partial charge >= 0.3 is 5.97 Å². The third-order valence-electron chi connectivity index (χ3n) is 5.95. The molecule has 0 radical (unpaired) electrons. The van der Waals surface area contributed by atoms with Crippen LogP contribution in [0, 0.1) is 11.8 Å². The Labute approximate surface area is 165 Å². The molecule has 12 nitrogen and oxygen atoms in total.